The molecule has 4 rings (SSSR count). The Morgan fingerprint density at radius 2 is 1.95 bits per heavy atom. The average Bonchev–Trinajstić information content (AvgIpc) is 3.23. The number of likely N-dealkylation sites (tertiary alicyclic amines) is 1. The van der Waals surface area contributed by atoms with E-state index in [1.807, 2.05) is 30.3 Å². The van der Waals surface area contributed by atoms with Crippen LogP contribution >= 0.6 is 0 Å². The van der Waals surface area contributed by atoms with Crippen LogP contribution < -0.4 is 0 Å². The summed E-state index contributed by atoms with van der Waals surface area (Å²) in [5.74, 6) is 1.40. The van der Waals surface area contributed by atoms with E-state index in [9.17, 15) is 9.90 Å². The maximum Gasteiger partial charge on any atom is 0.276 e. The van der Waals surface area contributed by atoms with Gasteiger partial charge in [-0.2, -0.15) is 0 Å². The van der Waals surface area contributed by atoms with Crippen molar-refractivity contribution in [3.8, 4) is 11.5 Å². The second-order valence-electron chi connectivity index (χ2n) is 5.74. The Bertz CT molecular complexity index is 670. The zero-order valence-electron chi connectivity index (χ0n) is 11.5. The number of carbonyl (C=O) groups is 1. The zero-order valence-corrected chi connectivity index (χ0v) is 11.5. The van der Waals surface area contributed by atoms with Crippen molar-refractivity contribution in [2.75, 3.05) is 13.1 Å². The molecule has 2 aliphatic rings. The van der Waals surface area contributed by atoms with Crippen molar-refractivity contribution in [1.82, 2.24) is 9.88 Å². The van der Waals surface area contributed by atoms with Crippen molar-refractivity contribution in [2.24, 2.45) is 0 Å². The number of benzene rings is 1. The topological polar surface area (TPSA) is 66.6 Å². The molecule has 2 aromatic rings. The van der Waals surface area contributed by atoms with Gasteiger partial charge in [0.05, 0.1) is 6.10 Å². The summed E-state index contributed by atoms with van der Waals surface area (Å²) in [6.45, 7) is 0.771. The van der Waals surface area contributed by atoms with Crippen LogP contribution in [-0.2, 0) is 0 Å². The van der Waals surface area contributed by atoms with Crippen LogP contribution in [0.3, 0.4) is 0 Å². The van der Waals surface area contributed by atoms with E-state index >= 15 is 0 Å². The molecule has 0 radical (unpaired) electrons. The van der Waals surface area contributed by atoms with Crippen molar-refractivity contribution >= 4 is 5.91 Å². The highest BCUT2D eigenvalue weighted by molar-refractivity contribution is 5.94. The number of nitrogens with zero attached hydrogens (tertiary/aromatic N) is 2. The first kappa shape index (κ1) is 12.6. The number of aliphatic hydroxyl groups excluding tert-OH is 1. The van der Waals surface area contributed by atoms with E-state index < -0.39 is 6.10 Å². The monoisotopic (exact) mass is 284 g/mol. The Morgan fingerprint density at radius 3 is 2.57 bits per heavy atom. The van der Waals surface area contributed by atoms with Crippen LogP contribution in [0.4, 0.5) is 0 Å². The second-order valence-corrected chi connectivity index (χ2v) is 5.74. The normalized spacial score (nSPS) is 18.6. The quantitative estimate of drug-likeness (QED) is 0.936. The van der Waals surface area contributed by atoms with Crippen LogP contribution in [0.5, 0.6) is 0 Å². The van der Waals surface area contributed by atoms with Gasteiger partial charge in [0.25, 0.3) is 5.91 Å². The van der Waals surface area contributed by atoms with Crippen LogP contribution in [-0.4, -0.2) is 40.1 Å². The lowest BCUT2D eigenvalue weighted by molar-refractivity contribution is 0.00539. The van der Waals surface area contributed by atoms with Gasteiger partial charge in [-0.3, -0.25) is 4.79 Å². The molecule has 1 aromatic heterocycles. The molecule has 1 aromatic carbocycles. The van der Waals surface area contributed by atoms with Crippen molar-refractivity contribution in [3.63, 3.8) is 0 Å². The van der Waals surface area contributed by atoms with Gasteiger partial charge in [-0.15, -0.1) is 0 Å². The summed E-state index contributed by atoms with van der Waals surface area (Å²) in [6, 6.07) is 9.61. The number of hydrogen-bond acceptors (Lipinski definition) is 4. The predicted octanol–water partition coefficient (Wildman–Crippen LogP) is 2.04. The molecule has 5 heteroatoms. The van der Waals surface area contributed by atoms with E-state index in [0.717, 1.165) is 18.4 Å². The molecule has 1 saturated heterocycles. The number of aromatic nitrogens is 1. The summed E-state index contributed by atoms with van der Waals surface area (Å²) in [5, 5.41) is 9.35. The molecule has 2 fully saturated rings. The first-order valence-electron chi connectivity index (χ1n) is 7.26. The number of aliphatic hydroxyl groups is 1. The smallest absolute Gasteiger partial charge is 0.276 e. The molecule has 0 atom stereocenters. The highest BCUT2D eigenvalue weighted by Gasteiger charge is 2.38. The number of rotatable bonds is 3. The van der Waals surface area contributed by atoms with Crippen LogP contribution in [0.2, 0.25) is 0 Å². The molecule has 2 heterocycles. The lowest BCUT2D eigenvalue weighted by Crippen LogP contribution is -2.53. The van der Waals surface area contributed by atoms with E-state index in [1.54, 1.807) is 4.90 Å². The van der Waals surface area contributed by atoms with Gasteiger partial charge >= 0.3 is 0 Å². The largest absolute Gasteiger partial charge is 0.440 e. The lowest BCUT2D eigenvalue weighted by atomic mass is 10.1. The molecule has 0 spiro atoms. The molecule has 0 unspecified atom stereocenters. The Morgan fingerprint density at radius 1 is 1.24 bits per heavy atom. The predicted molar refractivity (Wildman–Crippen MR) is 75.8 cm³/mol. The van der Waals surface area contributed by atoms with Gasteiger partial charge in [0, 0.05) is 24.6 Å². The Labute approximate surface area is 122 Å². The highest BCUT2D eigenvalue weighted by atomic mass is 16.4. The molecule has 1 aliphatic carbocycles. The van der Waals surface area contributed by atoms with Crippen molar-refractivity contribution in [1.29, 1.82) is 0 Å². The van der Waals surface area contributed by atoms with Crippen LogP contribution in [0, 0.1) is 0 Å². The maximum absolute atomic E-state index is 12.5. The van der Waals surface area contributed by atoms with Gasteiger partial charge < -0.3 is 14.4 Å². The van der Waals surface area contributed by atoms with E-state index in [4.69, 9.17) is 4.42 Å². The molecule has 21 heavy (non-hydrogen) atoms. The SMILES string of the molecule is O=C(c1nc(-c2ccccc2)oc1C1CC1)N1CC(O)C1. The van der Waals surface area contributed by atoms with E-state index in [0.29, 0.717) is 36.4 Å². The molecule has 1 N–H and O–H groups in total. The fourth-order valence-corrected chi connectivity index (χ4v) is 2.58. The van der Waals surface area contributed by atoms with Gasteiger partial charge in [0.1, 0.15) is 5.76 Å². The molecular formula is C16H16N2O3. The highest BCUT2D eigenvalue weighted by Crippen LogP contribution is 2.43. The molecule has 5 nitrogen and oxygen atoms in total. The summed E-state index contributed by atoms with van der Waals surface area (Å²) in [4.78, 5) is 18.5. The Kier molecular flexibility index (Phi) is 2.82. The first-order valence-corrected chi connectivity index (χ1v) is 7.26. The average molecular weight is 284 g/mol. The van der Waals surface area contributed by atoms with Gasteiger partial charge in [0.2, 0.25) is 5.89 Å². The van der Waals surface area contributed by atoms with E-state index in [-0.39, 0.29) is 5.91 Å². The van der Waals surface area contributed by atoms with Gasteiger partial charge in [-0.05, 0) is 25.0 Å². The van der Waals surface area contributed by atoms with Gasteiger partial charge in [0.15, 0.2) is 5.69 Å². The fraction of sp³-hybridized carbons (Fsp3) is 0.375. The summed E-state index contributed by atoms with van der Waals surface area (Å²) in [6.07, 6.45) is 1.69. The van der Waals surface area contributed by atoms with Crippen LogP contribution in [0.1, 0.15) is 35.0 Å². The third-order valence-corrected chi connectivity index (χ3v) is 3.97. The van der Waals surface area contributed by atoms with Crippen molar-refractivity contribution in [2.45, 2.75) is 24.9 Å². The molecule has 1 amide bonds. The second kappa shape index (κ2) is 4.70. The molecular weight excluding hydrogens is 268 g/mol. The standard InChI is InChI=1S/C16H16N2O3/c19-12-8-18(9-12)16(20)13-14(10-6-7-10)21-15(17-13)11-4-2-1-3-5-11/h1-5,10,12,19H,6-9H2. The molecule has 1 aliphatic heterocycles. The summed E-state index contributed by atoms with van der Waals surface area (Å²) >= 11 is 0. The lowest BCUT2D eigenvalue weighted by Gasteiger charge is -2.35. The number of hydrogen-bond donors (Lipinski definition) is 1. The van der Waals surface area contributed by atoms with Gasteiger partial charge in [-0.1, -0.05) is 18.2 Å². The first-order chi connectivity index (χ1) is 10.2. The molecule has 108 valence electrons. The molecule has 1 saturated carbocycles. The Hall–Kier alpha value is -2.14. The minimum atomic E-state index is -0.404. The number of amides is 1. The fourth-order valence-electron chi connectivity index (χ4n) is 2.58. The summed E-state index contributed by atoms with van der Waals surface area (Å²) in [5.41, 5.74) is 1.30. The third kappa shape index (κ3) is 2.23. The number of carbonyl (C=O) groups excluding carboxylic acids is 1. The minimum Gasteiger partial charge on any atom is -0.440 e. The number of oxazole rings is 1. The number of β-amino-alcohol motifs (C(OH)–C–C–N with tert-alkyl or cyclic N) is 1. The van der Waals surface area contributed by atoms with Crippen LogP contribution in [0.15, 0.2) is 34.7 Å². The summed E-state index contributed by atoms with van der Waals surface area (Å²) < 4.78 is 5.87. The van der Waals surface area contributed by atoms with E-state index in [1.165, 1.54) is 0 Å². The van der Waals surface area contributed by atoms with Crippen LogP contribution in [0.25, 0.3) is 11.5 Å². The Balaban J connectivity index is 1.69. The van der Waals surface area contributed by atoms with Crippen molar-refractivity contribution < 1.29 is 14.3 Å². The summed E-state index contributed by atoms with van der Waals surface area (Å²) in [7, 11) is 0. The molecule has 0 bridgehead atoms. The minimum absolute atomic E-state index is 0.131. The maximum atomic E-state index is 12.5. The van der Waals surface area contributed by atoms with E-state index in [2.05, 4.69) is 4.98 Å². The van der Waals surface area contributed by atoms with Gasteiger partial charge in [-0.25, -0.2) is 4.98 Å². The third-order valence-electron chi connectivity index (χ3n) is 3.97. The van der Waals surface area contributed by atoms with Crippen molar-refractivity contribution in [3.05, 3.63) is 41.8 Å². The zero-order chi connectivity index (χ0) is 14.4.